The van der Waals surface area contributed by atoms with Gasteiger partial charge in [-0.25, -0.2) is 0 Å². The van der Waals surface area contributed by atoms with Gasteiger partial charge in [0.15, 0.2) is 0 Å². The average molecular weight is 269 g/mol. The van der Waals surface area contributed by atoms with Crippen molar-refractivity contribution in [1.82, 2.24) is 5.32 Å². The normalized spacial score (nSPS) is 12.4. The highest BCUT2D eigenvalue weighted by Gasteiger charge is 2.14. The first-order valence-corrected chi connectivity index (χ1v) is 7.14. The minimum atomic E-state index is 0.232. The minimum Gasteiger partial charge on any atom is -0.472 e. The maximum absolute atomic E-state index is 5.11. The van der Waals surface area contributed by atoms with Crippen LogP contribution in [0, 0.1) is 0 Å². The van der Waals surface area contributed by atoms with Crippen molar-refractivity contribution in [3.05, 3.63) is 82.4 Å². The highest BCUT2D eigenvalue weighted by atomic mass is 32.1. The summed E-state index contributed by atoms with van der Waals surface area (Å²) in [4.78, 5) is 1.33. The minimum absolute atomic E-state index is 0.232. The molecular formula is C16H15NOS. The molecule has 2 heterocycles. The molecule has 96 valence electrons. The zero-order valence-electron chi connectivity index (χ0n) is 10.5. The van der Waals surface area contributed by atoms with Gasteiger partial charge in [-0.1, -0.05) is 36.4 Å². The quantitative estimate of drug-likeness (QED) is 0.750. The van der Waals surface area contributed by atoms with E-state index in [0.29, 0.717) is 0 Å². The Kier molecular flexibility index (Phi) is 3.77. The van der Waals surface area contributed by atoms with Crippen LogP contribution in [0.1, 0.15) is 22.0 Å². The Bertz CT molecular complexity index is 587. The molecule has 0 spiro atoms. The van der Waals surface area contributed by atoms with Crippen LogP contribution in [0.5, 0.6) is 0 Å². The fourth-order valence-electron chi connectivity index (χ4n) is 2.10. The number of hydrogen-bond acceptors (Lipinski definition) is 3. The zero-order chi connectivity index (χ0) is 12.9. The average Bonchev–Trinajstić information content (AvgIpc) is 3.13. The number of benzene rings is 1. The third-order valence-corrected chi connectivity index (χ3v) is 3.99. The lowest BCUT2D eigenvalue weighted by Crippen LogP contribution is -2.20. The smallest absolute Gasteiger partial charge is 0.0947 e. The second-order valence-corrected chi connectivity index (χ2v) is 5.35. The van der Waals surface area contributed by atoms with Crippen molar-refractivity contribution in [2.75, 3.05) is 0 Å². The summed E-state index contributed by atoms with van der Waals surface area (Å²) in [7, 11) is 0. The molecule has 1 aromatic carbocycles. The number of furan rings is 1. The van der Waals surface area contributed by atoms with Crippen LogP contribution in [-0.2, 0) is 6.54 Å². The Morgan fingerprint density at radius 3 is 2.63 bits per heavy atom. The Labute approximate surface area is 116 Å². The predicted octanol–water partition coefficient (Wildman–Crippen LogP) is 4.22. The van der Waals surface area contributed by atoms with Gasteiger partial charge in [-0.05, 0) is 23.1 Å². The first-order chi connectivity index (χ1) is 9.43. The van der Waals surface area contributed by atoms with Gasteiger partial charge in [0.1, 0.15) is 0 Å². The van der Waals surface area contributed by atoms with Crippen LogP contribution >= 0.6 is 11.3 Å². The first kappa shape index (κ1) is 12.2. The molecule has 0 amide bonds. The lowest BCUT2D eigenvalue weighted by molar-refractivity contribution is 0.555. The summed E-state index contributed by atoms with van der Waals surface area (Å²) in [5, 5.41) is 5.71. The molecule has 3 rings (SSSR count). The van der Waals surface area contributed by atoms with Crippen LogP contribution in [0.2, 0.25) is 0 Å². The number of nitrogens with one attached hydrogen (secondary N) is 1. The Morgan fingerprint density at radius 2 is 1.95 bits per heavy atom. The molecule has 0 bridgehead atoms. The summed E-state index contributed by atoms with van der Waals surface area (Å²) in [6.45, 7) is 0.800. The number of thiophene rings is 1. The third kappa shape index (κ3) is 2.95. The molecule has 1 atom stereocenters. The van der Waals surface area contributed by atoms with Crippen LogP contribution in [0.15, 0.2) is 70.9 Å². The van der Waals surface area contributed by atoms with Gasteiger partial charge in [-0.2, -0.15) is 0 Å². The second-order valence-electron chi connectivity index (χ2n) is 4.37. The summed E-state index contributed by atoms with van der Waals surface area (Å²) in [5.41, 5.74) is 2.45. The molecule has 0 saturated heterocycles. The van der Waals surface area contributed by atoms with Crippen LogP contribution in [0.25, 0.3) is 0 Å². The molecule has 0 radical (unpaired) electrons. The molecule has 0 aliphatic carbocycles. The van der Waals surface area contributed by atoms with Crippen molar-refractivity contribution in [3.8, 4) is 0 Å². The molecule has 2 aromatic heterocycles. The maximum Gasteiger partial charge on any atom is 0.0947 e. The summed E-state index contributed by atoms with van der Waals surface area (Å²) in [6, 6.07) is 17.0. The summed E-state index contributed by atoms with van der Waals surface area (Å²) >= 11 is 1.78. The first-order valence-electron chi connectivity index (χ1n) is 6.26. The van der Waals surface area contributed by atoms with Crippen molar-refractivity contribution >= 4 is 11.3 Å². The van der Waals surface area contributed by atoms with Gasteiger partial charge in [-0.15, -0.1) is 11.3 Å². The standard InChI is InChI=1S/C16H15NOS/c1-2-5-14(6-3-1)16(15-7-4-10-19-15)17-11-13-8-9-18-12-13/h1-10,12,16-17H,11H2. The molecule has 0 aliphatic rings. The molecule has 0 aliphatic heterocycles. The van der Waals surface area contributed by atoms with Crippen molar-refractivity contribution in [1.29, 1.82) is 0 Å². The Morgan fingerprint density at radius 1 is 1.05 bits per heavy atom. The molecule has 0 fully saturated rings. The van der Waals surface area contributed by atoms with E-state index in [9.17, 15) is 0 Å². The lowest BCUT2D eigenvalue weighted by atomic mass is 10.1. The van der Waals surface area contributed by atoms with E-state index in [1.807, 2.05) is 12.1 Å². The van der Waals surface area contributed by atoms with Crippen LogP contribution in [0.4, 0.5) is 0 Å². The van der Waals surface area contributed by atoms with Crippen molar-refractivity contribution < 1.29 is 4.42 Å². The van der Waals surface area contributed by atoms with Crippen molar-refractivity contribution in [3.63, 3.8) is 0 Å². The lowest BCUT2D eigenvalue weighted by Gasteiger charge is -2.17. The van der Waals surface area contributed by atoms with Crippen molar-refractivity contribution in [2.45, 2.75) is 12.6 Å². The van der Waals surface area contributed by atoms with Gasteiger partial charge in [0.05, 0.1) is 18.6 Å². The maximum atomic E-state index is 5.11. The van der Waals surface area contributed by atoms with Crippen LogP contribution in [0.3, 0.4) is 0 Å². The third-order valence-electron chi connectivity index (χ3n) is 3.05. The summed E-state index contributed by atoms with van der Waals surface area (Å²) in [6.07, 6.45) is 3.49. The van der Waals surface area contributed by atoms with Gasteiger partial charge in [0.2, 0.25) is 0 Å². The largest absolute Gasteiger partial charge is 0.472 e. The Balaban J connectivity index is 1.81. The summed E-state index contributed by atoms with van der Waals surface area (Å²) in [5.74, 6) is 0. The van der Waals surface area contributed by atoms with E-state index in [1.165, 1.54) is 10.4 Å². The second kappa shape index (κ2) is 5.87. The molecule has 2 nitrogen and oxygen atoms in total. The van der Waals surface area contributed by atoms with Gasteiger partial charge in [0.25, 0.3) is 0 Å². The van der Waals surface area contributed by atoms with E-state index < -0.39 is 0 Å². The van der Waals surface area contributed by atoms with Gasteiger partial charge >= 0.3 is 0 Å². The molecule has 1 unspecified atom stereocenters. The van der Waals surface area contributed by atoms with Gasteiger partial charge in [-0.3, -0.25) is 0 Å². The highest BCUT2D eigenvalue weighted by molar-refractivity contribution is 7.10. The van der Waals surface area contributed by atoms with E-state index in [4.69, 9.17) is 4.42 Å². The molecule has 0 saturated carbocycles. The van der Waals surface area contributed by atoms with Gasteiger partial charge < -0.3 is 9.73 Å². The molecule has 1 N–H and O–H groups in total. The fraction of sp³-hybridized carbons (Fsp3) is 0.125. The molecule has 3 aromatic rings. The number of rotatable bonds is 5. The fourth-order valence-corrected chi connectivity index (χ4v) is 2.92. The SMILES string of the molecule is c1ccc(C(NCc2ccoc2)c2cccs2)cc1. The topological polar surface area (TPSA) is 25.2 Å². The highest BCUT2D eigenvalue weighted by Crippen LogP contribution is 2.26. The van der Waals surface area contributed by atoms with Crippen molar-refractivity contribution in [2.24, 2.45) is 0 Å². The Hall–Kier alpha value is -1.84. The van der Waals surface area contributed by atoms with Crippen LogP contribution in [-0.4, -0.2) is 0 Å². The predicted molar refractivity (Wildman–Crippen MR) is 78.2 cm³/mol. The monoisotopic (exact) mass is 269 g/mol. The number of hydrogen-bond donors (Lipinski definition) is 1. The zero-order valence-corrected chi connectivity index (χ0v) is 11.3. The summed E-state index contributed by atoms with van der Waals surface area (Å²) < 4.78 is 5.11. The van der Waals surface area contributed by atoms with E-state index >= 15 is 0 Å². The van der Waals surface area contributed by atoms with Crippen LogP contribution < -0.4 is 5.32 Å². The van der Waals surface area contributed by atoms with E-state index in [1.54, 1.807) is 23.9 Å². The molecular weight excluding hydrogens is 254 g/mol. The van der Waals surface area contributed by atoms with E-state index in [2.05, 4.69) is 47.1 Å². The van der Waals surface area contributed by atoms with E-state index in [0.717, 1.165) is 12.1 Å². The van der Waals surface area contributed by atoms with E-state index in [-0.39, 0.29) is 6.04 Å². The molecule has 3 heteroatoms. The molecule has 19 heavy (non-hydrogen) atoms. The van der Waals surface area contributed by atoms with Gasteiger partial charge in [0, 0.05) is 17.0 Å².